The summed E-state index contributed by atoms with van der Waals surface area (Å²) in [5.41, 5.74) is 2.94. The van der Waals surface area contributed by atoms with E-state index in [1.807, 2.05) is 55.5 Å². The molecule has 3 rings (SSSR count). The van der Waals surface area contributed by atoms with Crippen molar-refractivity contribution in [1.29, 1.82) is 0 Å². The number of amides is 1. The van der Waals surface area contributed by atoms with Crippen LogP contribution in [0.25, 0.3) is 11.3 Å². The van der Waals surface area contributed by atoms with Crippen LogP contribution in [0.1, 0.15) is 17.3 Å². The molecule has 6 heteroatoms. The molecule has 126 valence electrons. The average Bonchev–Trinajstić information content (AvgIpc) is 2.63. The van der Waals surface area contributed by atoms with Gasteiger partial charge in [-0.05, 0) is 59.8 Å². The maximum Gasteiger partial charge on any atom is 0.256 e. The summed E-state index contributed by atoms with van der Waals surface area (Å²) in [6, 6.07) is 18.6. The van der Waals surface area contributed by atoms with Crippen molar-refractivity contribution in [1.82, 2.24) is 10.2 Å². The van der Waals surface area contributed by atoms with Gasteiger partial charge in [-0.3, -0.25) is 4.79 Å². The second-order valence-electron chi connectivity index (χ2n) is 5.20. The third-order valence-electron chi connectivity index (χ3n) is 3.47. The number of hydrogen-bond acceptors (Lipinski definition) is 4. The summed E-state index contributed by atoms with van der Waals surface area (Å²) in [6.45, 7) is 2.45. The number of aromatic nitrogens is 2. The van der Waals surface area contributed by atoms with Crippen molar-refractivity contribution >= 4 is 34.2 Å². The number of halogens is 1. The van der Waals surface area contributed by atoms with Gasteiger partial charge in [-0.1, -0.05) is 24.3 Å². The van der Waals surface area contributed by atoms with Crippen molar-refractivity contribution in [2.24, 2.45) is 0 Å². The lowest BCUT2D eigenvalue weighted by Gasteiger charge is -2.08. The van der Waals surface area contributed by atoms with Crippen LogP contribution in [0.15, 0.2) is 60.7 Å². The first kappa shape index (κ1) is 17.3. The Balaban J connectivity index is 1.79. The minimum atomic E-state index is -0.139. The summed E-state index contributed by atoms with van der Waals surface area (Å²) in [7, 11) is 0. The van der Waals surface area contributed by atoms with Gasteiger partial charge >= 0.3 is 0 Å². The summed E-state index contributed by atoms with van der Waals surface area (Å²) in [5, 5.41) is 11.1. The molecule has 1 N–H and O–H groups in total. The Morgan fingerprint density at radius 3 is 2.64 bits per heavy atom. The fraction of sp³-hybridized carbons (Fsp3) is 0.105. The number of nitrogens with zero attached hydrogens (tertiary/aromatic N) is 2. The van der Waals surface area contributed by atoms with Gasteiger partial charge in [0.15, 0.2) is 0 Å². The van der Waals surface area contributed by atoms with Crippen molar-refractivity contribution in [3.8, 4) is 17.1 Å². The van der Waals surface area contributed by atoms with Crippen LogP contribution in [0.5, 0.6) is 5.88 Å². The third-order valence-corrected chi connectivity index (χ3v) is 4.41. The molecule has 0 atom stereocenters. The maximum atomic E-state index is 12.4. The fourth-order valence-electron chi connectivity index (χ4n) is 2.30. The molecule has 1 heterocycles. The van der Waals surface area contributed by atoms with Crippen molar-refractivity contribution in [2.75, 3.05) is 11.9 Å². The average molecular weight is 445 g/mol. The van der Waals surface area contributed by atoms with Crippen LogP contribution < -0.4 is 10.1 Å². The van der Waals surface area contributed by atoms with Gasteiger partial charge in [-0.2, -0.15) is 0 Å². The first-order chi connectivity index (χ1) is 12.2. The van der Waals surface area contributed by atoms with E-state index in [2.05, 4.69) is 38.1 Å². The monoisotopic (exact) mass is 445 g/mol. The highest BCUT2D eigenvalue weighted by molar-refractivity contribution is 14.1. The second kappa shape index (κ2) is 8.06. The molecule has 1 amide bonds. The molecule has 5 nitrogen and oxygen atoms in total. The van der Waals surface area contributed by atoms with E-state index in [0.717, 1.165) is 9.13 Å². The third kappa shape index (κ3) is 4.33. The van der Waals surface area contributed by atoms with E-state index in [0.29, 0.717) is 29.4 Å². The standard InChI is InChI=1S/C19H16IN3O2/c1-2-25-18-11-10-17(22-23-18)13-6-5-7-14(12-13)21-19(24)15-8-3-4-9-16(15)20/h3-12H,2H2,1H3,(H,21,24). The summed E-state index contributed by atoms with van der Waals surface area (Å²) in [6.07, 6.45) is 0. The van der Waals surface area contributed by atoms with Crippen LogP contribution in [0.3, 0.4) is 0 Å². The number of rotatable bonds is 5. The van der Waals surface area contributed by atoms with Gasteiger partial charge in [0, 0.05) is 20.9 Å². The highest BCUT2D eigenvalue weighted by atomic mass is 127. The van der Waals surface area contributed by atoms with Crippen molar-refractivity contribution in [2.45, 2.75) is 6.92 Å². The molecular weight excluding hydrogens is 429 g/mol. The lowest BCUT2D eigenvalue weighted by atomic mass is 10.1. The lowest BCUT2D eigenvalue weighted by molar-refractivity contribution is 0.102. The zero-order chi connectivity index (χ0) is 17.6. The molecule has 25 heavy (non-hydrogen) atoms. The van der Waals surface area contributed by atoms with Gasteiger partial charge in [0.1, 0.15) is 0 Å². The smallest absolute Gasteiger partial charge is 0.256 e. The van der Waals surface area contributed by atoms with Crippen LogP contribution >= 0.6 is 22.6 Å². The van der Waals surface area contributed by atoms with Crippen LogP contribution in [-0.2, 0) is 0 Å². The van der Waals surface area contributed by atoms with E-state index in [9.17, 15) is 4.79 Å². The van der Waals surface area contributed by atoms with E-state index >= 15 is 0 Å². The van der Waals surface area contributed by atoms with Crippen molar-refractivity contribution in [3.63, 3.8) is 0 Å². The molecule has 0 radical (unpaired) electrons. The van der Waals surface area contributed by atoms with E-state index in [4.69, 9.17) is 4.74 Å². The molecule has 2 aromatic carbocycles. The number of nitrogens with one attached hydrogen (secondary N) is 1. The Morgan fingerprint density at radius 2 is 1.92 bits per heavy atom. The summed E-state index contributed by atoms with van der Waals surface area (Å²) in [5.74, 6) is 0.356. The Bertz CT molecular complexity index is 882. The van der Waals surface area contributed by atoms with Gasteiger partial charge in [0.2, 0.25) is 5.88 Å². The fourth-order valence-corrected chi connectivity index (χ4v) is 2.93. The molecule has 0 saturated carbocycles. The van der Waals surface area contributed by atoms with Crippen LogP contribution in [0.4, 0.5) is 5.69 Å². The summed E-state index contributed by atoms with van der Waals surface area (Å²) < 4.78 is 6.21. The number of carbonyl (C=O) groups excluding carboxylic acids is 1. The number of hydrogen-bond donors (Lipinski definition) is 1. The maximum absolute atomic E-state index is 12.4. The Hall–Kier alpha value is -2.48. The molecule has 0 saturated heterocycles. The van der Waals surface area contributed by atoms with Gasteiger partial charge < -0.3 is 10.1 Å². The zero-order valence-electron chi connectivity index (χ0n) is 13.6. The van der Waals surface area contributed by atoms with E-state index < -0.39 is 0 Å². The van der Waals surface area contributed by atoms with E-state index in [-0.39, 0.29) is 5.91 Å². The van der Waals surface area contributed by atoms with Gasteiger partial charge in [-0.25, -0.2) is 0 Å². The molecule has 0 fully saturated rings. The number of benzene rings is 2. The number of carbonyl (C=O) groups is 1. The molecule has 0 spiro atoms. The molecule has 1 aromatic heterocycles. The molecule has 0 aliphatic heterocycles. The van der Waals surface area contributed by atoms with Crippen molar-refractivity contribution in [3.05, 3.63) is 69.8 Å². The molecular formula is C19H16IN3O2. The summed E-state index contributed by atoms with van der Waals surface area (Å²) >= 11 is 2.15. The predicted molar refractivity (Wildman–Crippen MR) is 106 cm³/mol. The normalized spacial score (nSPS) is 10.3. The number of anilines is 1. The molecule has 0 aliphatic carbocycles. The van der Waals surface area contributed by atoms with Crippen LogP contribution in [0.2, 0.25) is 0 Å². The first-order valence-corrected chi connectivity index (χ1v) is 8.88. The topological polar surface area (TPSA) is 64.1 Å². The quantitative estimate of drug-likeness (QED) is 0.592. The van der Waals surface area contributed by atoms with Crippen LogP contribution in [-0.4, -0.2) is 22.7 Å². The molecule has 0 bridgehead atoms. The van der Waals surface area contributed by atoms with Gasteiger partial charge in [-0.15, -0.1) is 10.2 Å². The van der Waals surface area contributed by atoms with Gasteiger partial charge in [0.05, 0.1) is 17.9 Å². The molecule has 0 unspecified atom stereocenters. The molecule has 0 aliphatic rings. The highest BCUT2D eigenvalue weighted by Gasteiger charge is 2.10. The Kier molecular flexibility index (Phi) is 5.60. The minimum absolute atomic E-state index is 0.139. The predicted octanol–water partition coefficient (Wildman–Crippen LogP) is 4.40. The SMILES string of the molecule is CCOc1ccc(-c2cccc(NC(=O)c3ccccc3I)c2)nn1. The lowest BCUT2D eigenvalue weighted by Crippen LogP contribution is -2.13. The minimum Gasteiger partial charge on any atom is -0.477 e. The molecule has 3 aromatic rings. The Morgan fingerprint density at radius 1 is 1.08 bits per heavy atom. The highest BCUT2D eigenvalue weighted by Crippen LogP contribution is 2.22. The first-order valence-electron chi connectivity index (χ1n) is 7.80. The van der Waals surface area contributed by atoms with Gasteiger partial charge in [0.25, 0.3) is 5.91 Å². The van der Waals surface area contributed by atoms with Crippen molar-refractivity contribution < 1.29 is 9.53 Å². The zero-order valence-corrected chi connectivity index (χ0v) is 15.7. The number of ether oxygens (including phenoxy) is 1. The summed E-state index contributed by atoms with van der Waals surface area (Å²) in [4.78, 5) is 12.4. The van der Waals surface area contributed by atoms with E-state index in [1.54, 1.807) is 12.1 Å². The Labute approximate surface area is 159 Å². The largest absolute Gasteiger partial charge is 0.477 e. The second-order valence-corrected chi connectivity index (χ2v) is 6.37. The van der Waals surface area contributed by atoms with E-state index in [1.165, 1.54) is 0 Å². The van der Waals surface area contributed by atoms with Crippen LogP contribution in [0, 0.1) is 3.57 Å².